The first-order chi connectivity index (χ1) is 13.9. The zero-order valence-electron chi connectivity index (χ0n) is 17.8. The molecular formula is C22H29NO5S. The summed E-state index contributed by atoms with van der Waals surface area (Å²) in [6.45, 7) is 6.21. The molecule has 0 aliphatic carbocycles. The standard InChI is InChI=1S/C22H29NO5S/c1-14(2)28-19-9-7-16(11-20(19)26-5)13-23-22(24)15(3)29-17-8-10-18(25-4)21(12-17)27-6/h7-12,14-15H,13H2,1-6H3,(H,23,24)/t15-/m1/s1. The van der Waals surface area contributed by atoms with E-state index in [1.165, 1.54) is 11.8 Å². The first-order valence-corrected chi connectivity index (χ1v) is 10.3. The van der Waals surface area contributed by atoms with Gasteiger partial charge in [-0.05, 0) is 56.7 Å². The SMILES string of the molecule is COc1ccc(S[C@H](C)C(=O)NCc2ccc(OC(C)C)c(OC)c2)cc1OC. The van der Waals surface area contributed by atoms with Crippen LogP contribution in [0.2, 0.25) is 0 Å². The Kier molecular flexibility index (Phi) is 8.51. The molecule has 2 rings (SSSR count). The highest BCUT2D eigenvalue weighted by molar-refractivity contribution is 8.00. The number of hydrogen-bond acceptors (Lipinski definition) is 6. The van der Waals surface area contributed by atoms with Gasteiger partial charge in [0.1, 0.15) is 0 Å². The Hall–Kier alpha value is -2.54. The van der Waals surface area contributed by atoms with Gasteiger partial charge in [-0.3, -0.25) is 4.79 Å². The molecule has 0 aromatic heterocycles. The summed E-state index contributed by atoms with van der Waals surface area (Å²) in [4.78, 5) is 13.5. The van der Waals surface area contributed by atoms with Crippen molar-refractivity contribution in [3.05, 3.63) is 42.0 Å². The Morgan fingerprint density at radius 1 is 0.897 bits per heavy atom. The van der Waals surface area contributed by atoms with E-state index in [0.717, 1.165) is 10.5 Å². The van der Waals surface area contributed by atoms with Crippen molar-refractivity contribution in [2.45, 2.75) is 43.6 Å². The predicted octanol–water partition coefficient (Wildman–Crippen LogP) is 4.30. The van der Waals surface area contributed by atoms with Crippen LogP contribution in [-0.4, -0.2) is 38.6 Å². The molecule has 2 aromatic rings. The van der Waals surface area contributed by atoms with Gasteiger partial charge in [0.2, 0.25) is 5.91 Å². The fourth-order valence-electron chi connectivity index (χ4n) is 2.65. The number of carbonyl (C=O) groups excluding carboxylic acids is 1. The number of nitrogens with one attached hydrogen (secondary N) is 1. The molecule has 2 aromatic carbocycles. The maximum Gasteiger partial charge on any atom is 0.233 e. The van der Waals surface area contributed by atoms with Crippen LogP contribution in [-0.2, 0) is 11.3 Å². The van der Waals surface area contributed by atoms with Crippen molar-refractivity contribution in [2.75, 3.05) is 21.3 Å². The third-order valence-electron chi connectivity index (χ3n) is 4.09. The van der Waals surface area contributed by atoms with Crippen LogP contribution in [0.15, 0.2) is 41.3 Å². The van der Waals surface area contributed by atoms with E-state index in [0.29, 0.717) is 29.5 Å². The molecule has 0 spiro atoms. The number of benzene rings is 2. The lowest BCUT2D eigenvalue weighted by Crippen LogP contribution is -2.30. The summed E-state index contributed by atoms with van der Waals surface area (Å²) in [6, 6.07) is 11.3. The average Bonchev–Trinajstić information content (AvgIpc) is 2.72. The molecule has 158 valence electrons. The van der Waals surface area contributed by atoms with Gasteiger partial charge in [0, 0.05) is 11.4 Å². The monoisotopic (exact) mass is 419 g/mol. The molecule has 0 bridgehead atoms. The van der Waals surface area contributed by atoms with Crippen LogP contribution in [0.1, 0.15) is 26.3 Å². The van der Waals surface area contributed by atoms with E-state index in [4.69, 9.17) is 18.9 Å². The highest BCUT2D eigenvalue weighted by Gasteiger charge is 2.16. The zero-order chi connectivity index (χ0) is 21.4. The summed E-state index contributed by atoms with van der Waals surface area (Å²) in [5.41, 5.74) is 0.939. The second-order valence-electron chi connectivity index (χ2n) is 6.65. The van der Waals surface area contributed by atoms with Crippen molar-refractivity contribution < 1.29 is 23.7 Å². The minimum absolute atomic E-state index is 0.0498. The molecule has 0 saturated carbocycles. The van der Waals surface area contributed by atoms with E-state index in [9.17, 15) is 4.79 Å². The van der Waals surface area contributed by atoms with Gasteiger partial charge in [0.05, 0.1) is 32.7 Å². The van der Waals surface area contributed by atoms with E-state index in [2.05, 4.69) is 5.32 Å². The Bertz CT molecular complexity index is 825. The average molecular weight is 420 g/mol. The van der Waals surface area contributed by atoms with Gasteiger partial charge in [-0.1, -0.05) is 6.07 Å². The lowest BCUT2D eigenvalue weighted by molar-refractivity contribution is -0.120. The maximum atomic E-state index is 12.5. The zero-order valence-corrected chi connectivity index (χ0v) is 18.6. The molecule has 1 atom stereocenters. The first kappa shape index (κ1) is 22.7. The smallest absolute Gasteiger partial charge is 0.233 e. The highest BCUT2D eigenvalue weighted by atomic mass is 32.2. The minimum atomic E-state index is -0.265. The minimum Gasteiger partial charge on any atom is -0.493 e. The van der Waals surface area contributed by atoms with Gasteiger partial charge in [-0.2, -0.15) is 0 Å². The highest BCUT2D eigenvalue weighted by Crippen LogP contribution is 2.33. The maximum absolute atomic E-state index is 12.5. The molecule has 29 heavy (non-hydrogen) atoms. The Morgan fingerprint density at radius 2 is 1.52 bits per heavy atom. The number of methoxy groups -OCH3 is 3. The number of rotatable bonds is 10. The van der Waals surface area contributed by atoms with E-state index >= 15 is 0 Å². The molecule has 0 unspecified atom stereocenters. The molecule has 0 aliphatic rings. The first-order valence-electron chi connectivity index (χ1n) is 9.37. The van der Waals surface area contributed by atoms with Gasteiger partial charge < -0.3 is 24.3 Å². The molecule has 0 radical (unpaired) electrons. The molecule has 1 amide bonds. The van der Waals surface area contributed by atoms with Crippen molar-refractivity contribution in [3.63, 3.8) is 0 Å². The van der Waals surface area contributed by atoms with Crippen LogP contribution in [0.5, 0.6) is 23.0 Å². The van der Waals surface area contributed by atoms with E-state index in [1.807, 2.05) is 57.2 Å². The van der Waals surface area contributed by atoms with E-state index in [-0.39, 0.29) is 17.3 Å². The molecular weight excluding hydrogens is 390 g/mol. The van der Waals surface area contributed by atoms with E-state index < -0.39 is 0 Å². The van der Waals surface area contributed by atoms with Crippen molar-refractivity contribution >= 4 is 17.7 Å². The number of hydrogen-bond donors (Lipinski definition) is 1. The van der Waals surface area contributed by atoms with Gasteiger partial charge in [0.25, 0.3) is 0 Å². The molecule has 7 heteroatoms. The molecule has 0 saturated heterocycles. The van der Waals surface area contributed by atoms with Crippen LogP contribution >= 0.6 is 11.8 Å². The Labute approximate surface area is 176 Å². The van der Waals surface area contributed by atoms with Gasteiger partial charge in [0.15, 0.2) is 23.0 Å². The van der Waals surface area contributed by atoms with Crippen LogP contribution in [0.25, 0.3) is 0 Å². The van der Waals surface area contributed by atoms with Gasteiger partial charge in [-0.15, -0.1) is 11.8 Å². The fraction of sp³-hybridized carbons (Fsp3) is 0.409. The molecule has 0 heterocycles. The number of amides is 1. The third kappa shape index (κ3) is 6.49. The summed E-state index contributed by atoms with van der Waals surface area (Å²) < 4.78 is 21.7. The number of carbonyl (C=O) groups is 1. The van der Waals surface area contributed by atoms with Crippen LogP contribution in [0, 0.1) is 0 Å². The third-order valence-corrected chi connectivity index (χ3v) is 5.19. The molecule has 6 nitrogen and oxygen atoms in total. The van der Waals surface area contributed by atoms with Gasteiger partial charge >= 0.3 is 0 Å². The predicted molar refractivity (Wildman–Crippen MR) is 115 cm³/mol. The number of ether oxygens (including phenoxy) is 4. The van der Waals surface area contributed by atoms with Crippen LogP contribution in [0.4, 0.5) is 0 Å². The largest absolute Gasteiger partial charge is 0.493 e. The lowest BCUT2D eigenvalue weighted by Gasteiger charge is -2.16. The fourth-order valence-corrected chi connectivity index (χ4v) is 3.57. The molecule has 0 fully saturated rings. The summed E-state index contributed by atoms with van der Waals surface area (Å²) in [6.07, 6.45) is 0.0592. The second-order valence-corrected chi connectivity index (χ2v) is 8.06. The van der Waals surface area contributed by atoms with Crippen molar-refractivity contribution in [1.82, 2.24) is 5.32 Å². The van der Waals surface area contributed by atoms with Crippen LogP contribution < -0.4 is 24.3 Å². The normalized spacial score (nSPS) is 11.7. The lowest BCUT2D eigenvalue weighted by atomic mass is 10.2. The van der Waals surface area contributed by atoms with Crippen molar-refractivity contribution in [2.24, 2.45) is 0 Å². The summed E-state index contributed by atoms with van der Waals surface area (Å²) in [7, 11) is 4.79. The Morgan fingerprint density at radius 3 is 2.14 bits per heavy atom. The summed E-state index contributed by atoms with van der Waals surface area (Å²) in [5.74, 6) is 2.59. The quantitative estimate of drug-likeness (QED) is 0.580. The Balaban J connectivity index is 1.96. The summed E-state index contributed by atoms with van der Waals surface area (Å²) in [5, 5.41) is 2.70. The number of thioether (sulfide) groups is 1. The van der Waals surface area contributed by atoms with Crippen molar-refractivity contribution in [1.29, 1.82) is 0 Å². The molecule has 0 aliphatic heterocycles. The van der Waals surface area contributed by atoms with Crippen molar-refractivity contribution in [3.8, 4) is 23.0 Å². The summed E-state index contributed by atoms with van der Waals surface area (Å²) >= 11 is 1.46. The van der Waals surface area contributed by atoms with E-state index in [1.54, 1.807) is 21.3 Å². The topological polar surface area (TPSA) is 66.0 Å². The van der Waals surface area contributed by atoms with Crippen LogP contribution in [0.3, 0.4) is 0 Å². The molecule has 1 N–H and O–H groups in total. The van der Waals surface area contributed by atoms with Gasteiger partial charge in [-0.25, -0.2) is 0 Å². The second kappa shape index (κ2) is 10.9.